The predicted molar refractivity (Wildman–Crippen MR) is 194 cm³/mol. The quantitative estimate of drug-likeness (QED) is 0.241. The number of nitrogens with one attached hydrogen (secondary N) is 2. The topological polar surface area (TPSA) is 85.0 Å². The SMILES string of the molecule is O=C1NC(Cc2ccc3ccccc3c2)C(=O)N(Cc2ccc(-c3ccccc3)cc2)C1CN(CC1CCNCC1)C(=O)CN1CCCC1. The van der Waals surface area contributed by atoms with E-state index in [1.807, 2.05) is 53.4 Å². The molecule has 3 amide bonds. The predicted octanol–water partition coefficient (Wildman–Crippen LogP) is 4.87. The molecule has 0 radical (unpaired) electrons. The van der Waals surface area contributed by atoms with Crippen LogP contribution in [-0.4, -0.2) is 90.3 Å². The number of piperazine rings is 1. The number of piperidine rings is 1. The molecule has 8 heteroatoms. The van der Waals surface area contributed by atoms with E-state index in [4.69, 9.17) is 0 Å². The third kappa shape index (κ3) is 8.03. The largest absolute Gasteiger partial charge is 0.342 e. The molecule has 2 N–H and O–H groups in total. The maximum absolute atomic E-state index is 14.5. The Hall–Kier alpha value is -4.53. The van der Waals surface area contributed by atoms with E-state index in [1.165, 1.54) is 0 Å². The summed E-state index contributed by atoms with van der Waals surface area (Å²) >= 11 is 0. The molecule has 0 spiro atoms. The molecule has 0 aromatic heterocycles. The van der Waals surface area contributed by atoms with Gasteiger partial charge in [-0.1, -0.05) is 97.1 Å². The Morgan fingerprint density at radius 1 is 0.755 bits per heavy atom. The van der Waals surface area contributed by atoms with E-state index in [1.54, 1.807) is 4.90 Å². The molecule has 3 aliphatic heterocycles. The summed E-state index contributed by atoms with van der Waals surface area (Å²) in [7, 11) is 0. The molecule has 49 heavy (non-hydrogen) atoms. The highest BCUT2D eigenvalue weighted by Gasteiger charge is 2.42. The first-order valence-corrected chi connectivity index (χ1v) is 17.9. The lowest BCUT2D eigenvalue weighted by molar-refractivity contribution is -0.152. The summed E-state index contributed by atoms with van der Waals surface area (Å²) in [6.45, 7) is 5.17. The third-order valence-electron chi connectivity index (χ3n) is 10.5. The van der Waals surface area contributed by atoms with Gasteiger partial charge in [-0.25, -0.2) is 0 Å². The van der Waals surface area contributed by atoms with Crippen LogP contribution in [0.3, 0.4) is 0 Å². The number of carbonyl (C=O) groups excluding carboxylic acids is 3. The van der Waals surface area contributed by atoms with Crippen LogP contribution in [0.5, 0.6) is 0 Å². The molecule has 7 rings (SSSR count). The molecule has 3 aliphatic rings. The van der Waals surface area contributed by atoms with Crippen molar-refractivity contribution in [3.05, 3.63) is 108 Å². The highest BCUT2D eigenvalue weighted by atomic mass is 16.2. The Labute approximate surface area is 289 Å². The van der Waals surface area contributed by atoms with Gasteiger partial charge < -0.3 is 20.4 Å². The van der Waals surface area contributed by atoms with Crippen LogP contribution in [0.1, 0.15) is 36.8 Å². The Morgan fingerprint density at radius 2 is 1.43 bits per heavy atom. The van der Waals surface area contributed by atoms with Crippen molar-refractivity contribution in [1.82, 2.24) is 25.3 Å². The molecule has 2 unspecified atom stereocenters. The number of hydrogen-bond donors (Lipinski definition) is 2. The third-order valence-corrected chi connectivity index (χ3v) is 10.5. The summed E-state index contributed by atoms with van der Waals surface area (Å²) in [6, 6.07) is 31.4. The second kappa shape index (κ2) is 15.3. The maximum Gasteiger partial charge on any atom is 0.246 e. The van der Waals surface area contributed by atoms with Crippen molar-refractivity contribution in [2.75, 3.05) is 45.8 Å². The van der Waals surface area contributed by atoms with Gasteiger partial charge in [0, 0.05) is 19.5 Å². The maximum atomic E-state index is 14.5. The molecule has 0 aliphatic carbocycles. The minimum Gasteiger partial charge on any atom is -0.342 e. The standard InChI is InChI=1S/C41H47N5O3/c47-39(29-44-22-6-7-23-44)45(26-31-18-20-42-21-19-31)28-38-40(48)43-37(25-32-14-17-34-10-4-5-11-36(34)24-32)41(49)46(38)27-30-12-15-35(16-13-30)33-8-2-1-3-9-33/h1-5,8-17,24,31,37-38,42H,6-7,18-23,25-29H2,(H,43,48). The minimum absolute atomic E-state index is 0.0473. The summed E-state index contributed by atoms with van der Waals surface area (Å²) in [5, 5.41) is 8.76. The second-order valence-electron chi connectivity index (χ2n) is 14.0. The van der Waals surface area contributed by atoms with Crippen LogP contribution in [0.25, 0.3) is 21.9 Å². The van der Waals surface area contributed by atoms with Crippen molar-refractivity contribution in [2.45, 2.75) is 50.7 Å². The Morgan fingerprint density at radius 3 is 2.18 bits per heavy atom. The van der Waals surface area contributed by atoms with E-state index in [2.05, 4.69) is 64.1 Å². The molecular weight excluding hydrogens is 610 g/mol. The van der Waals surface area contributed by atoms with Crippen molar-refractivity contribution < 1.29 is 14.4 Å². The van der Waals surface area contributed by atoms with Gasteiger partial charge in [0.1, 0.15) is 12.1 Å². The number of nitrogens with zero attached hydrogens (tertiary/aromatic N) is 3. The first-order valence-electron chi connectivity index (χ1n) is 17.9. The van der Waals surface area contributed by atoms with Crippen LogP contribution in [0.4, 0.5) is 0 Å². The van der Waals surface area contributed by atoms with Crippen LogP contribution < -0.4 is 10.6 Å². The first-order chi connectivity index (χ1) is 24.0. The van der Waals surface area contributed by atoms with Gasteiger partial charge in [-0.2, -0.15) is 0 Å². The number of likely N-dealkylation sites (tertiary alicyclic amines) is 1. The Bertz CT molecular complexity index is 1750. The average Bonchev–Trinajstić information content (AvgIpc) is 3.65. The Kier molecular flexibility index (Phi) is 10.3. The van der Waals surface area contributed by atoms with Gasteiger partial charge in [-0.15, -0.1) is 0 Å². The zero-order valence-electron chi connectivity index (χ0n) is 28.2. The lowest BCUT2D eigenvalue weighted by Crippen LogP contribution is -2.66. The fourth-order valence-electron chi connectivity index (χ4n) is 7.66. The zero-order valence-corrected chi connectivity index (χ0v) is 28.2. The van der Waals surface area contributed by atoms with Crippen LogP contribution in [0.2, 0.25) is 0 Å². The Balaban J connectivity index is 1.15. The van der Waals surface area contributed by atoms with Crippen molar-refractivity contribution in [2.24, 2.45) is 5.92 Å². The number of fused-ring (bicyclic) bond motifs is 1. The van der Waals surface area contributed by atoms with Crippen LogP contribution in [0, 0.1) is 5.92 Å². The molecule has 4 aromatic rings. The lowest BCUT2D eigenvalue weighted by Gasteiger charge is -2.42. The highest BCUT2D eigenvalue weighted by Crippen LogP contribution is 2.25. The molecule has 3 fully saturated rings. The fourth-order valence-corrected chi connectivity index (χ4v) is 7.66. The number of hydrogen-bond acceptors (Lipinski definition) is 5. The second-order valence-corrected chi connectivity index (χ2v) is 14.0. The van der Waals surface area contributed by atoms with E-state index in [-0.39, 0.29) is 24.3 Å². The normalized spacial score (nSPS) is 20.4. The molecule has 3 saturated heterocycles. The first kappa shape index (κ1) is 33.0. The molecule has 0 saturated carbocycles. The average molecular weight is 658 g/mol. The van der Waals surface area contributed by atoms with Gasteiger partial charge in [-0.05, 0) is 90.8 Å². The van der Waals surface area contributed by atoms with Gasteiger partial charge in [-0.3, -0.25) is 19.3 Å². The van der Waals surface area contributed by atoms with Gasteiger partial charge in [0.2, 0.25) is 17.7 Å². The summed E-state index contributed by atoms with van der Waals surface area (Å²) in [5.41, 5.74) is 4.17. The van der Waals surface area contributed by atoms with Crippen molar-refractivity contribution in [3.63, 3.8) is 0 Å². The minimum atomic E-state index is -0.779. The van der Waals surface area contributed by atoms with E-state index in [0.29, 0.717) is 32.0 Å². The summed E-state index contributed by atoms with van der Waals surface area (Å²) in [6.07, 6.45) is 4.61. The monoisotopic (exact) mass is 657 g/mol. The van der Waals surface area contributed by atoms with Crippen molar-refractivity contribution >= 4 is 28.5 Å². The van der Waals surface area contributed by atoms with E-state index in [9.17, 15) is 14.4 Å². The zero-order chi connectivity index (χ0) is 33.6. The van der Waals surface area contributed by atoms with E-state index >= 15 is 0 Å². The number of benzene rings is 4. The lowest BCUT2D eigenvalue weighted by atomic mass is 9.95. The molecule has 0 bridgehead atoms. The van der Waals surface area contributed by atoms with Crippen molar-refractivity contribution in [1.29, 1.82) is 0 Å². The molecule has 4 aromatic carbocycles. The van der Waals surface area contributed by atoms with Gasteiger partial charge in [0.25, 0.3) is 0 Å². The van der Waals surface area contributed by atoms with Crippen LogP contribution in [-0.2, 0) is 27.3 Å². The molecule has 3 heterocycles. The van der Waals surface area contributed by atoms with Crippen LogP contribution in [0.15, 0.2) is 97.1 Å². The molecule has 254 valence electrons. The number of rotatable bonds is 11. The number of carbonyl (C=O) groups is 3. The van der Waals surface area contributed by atoms with Gasteiger partial charge >= 0.3 is 0 Å². The smallest absolute Gasteiger partial charge is 0.246 e. The fraction of sp³-hybridized carbons (Fsp3) is 0.390. The summed E-state index contributed by atoms with van der Waals surface area (Å²) < 4.78 is 0. The van der Waals surface area contributed by atoms with E-state index in [0.717, 1.165) is 84.9 Å². The van der Waals surface area contributed by atoms with E-state index < -0.39 is 12.1 Å². The summed E-state index contributed by atoms with van der Waals surface area (Å²) in [5.74, 6) is 0.103. The van der Waals surface area contributed by atoms with Gasteiger partial charge in [0.15, 0.2) is 0 Å². The number of amides is 3. The van der Waals surface area contributed by atoms with Crippen molar-refractivity contribution in [3.8, 4) is 11.1 Å². The molecule has 2 atom stereocenters. The van der Waals surface area contributed by atoms with Crippen LogP contribution >= 0.6 is 0 Å². The molecular formula is C41H47N5O3. The molecule has 8 nitrogen and oxygen atoms in total. The summed E-state index contributed by atoms with van der Waals surface area (Å²) in [4.78, 5) is 48.3. The highest BCUT2D eigenvalue weighted by molar-refractivity contribution is 5.97. The van der Waals surface area contributed by atoms with Gasteiger partial charge in [0.05, 0.1) is 13.1 Å².